The van der Waals surface area contributed by atoms with Crippen LogP contribution in [0.2, 0.25) is 0 Å². The Morgan fingerprint density at radius 3 is 2.53 bits per heavy atom. The van der Waals surface area contributed by atoms with Crippen LogP contribution in [0.5, 0.6) is 0 Å². The van der Waals surface area contributed by atoms with Crippen LogP contribution in [0.1, 0.15) is 19.8 Å². The molecule has 0 bridgehead atoms. The molecule has 6 heteroatoms. The fraction of sp³-hybridized carbons (Fsp3) is 0.538. The number of rotatable bonds is 5. The van der Waals surface area contributed by atoms with E-state index in [0.29, 0.717) is 16.8 Å². The summed E-state index contributed by atoms with van der Waals surface area (Å²) in [6, 6.07) is 4.78. The molecule has 0 aromatic heterocycles. The Morgan fingerprint density at radius 1 is 1.37 bits per heavy atom. The van der Waals surface area contributed by atoms with Crippen molar-refractivity contribution in [1.29, 1.82) is 0 Å². The summed E-state index contributed by atoms with van der Waals surface area (Å²) >= 11 is 0. The Hall–Kier alpha value is -1.27. The highest BCUT2D eigenvalue weighted by atomic mass is 32.2. The summed E-state index contributed by atoms with van der Waals surface area (Å²) in [7, 11) is -0.381. The van der Waals surface area contributed by atoms with Gasteiger partial charge in [0, 0.05) is 20.6 Å². The van der Waals surface area contributed by atoms with Crippen LogP contribution in [-0.4, -0.2) is 33.4 Å². The van der Waals surface area contributed by atoms with Crippen molar-refractivity contribution in [3.8, 4) is 0 Å². The topological polar surface area (TPSA) is 75.4 Å². The Labute approximate surface area is 114 Å². The van der Waals surface area contributed by atoms with E-state index in [0.717, 1.165) is 6.54 Å². The molecule has 2 rings (SSSR count). The quantitative estimate of drug-likeness (QED) is 0.807. The van der Waals surface area contributed by atoms with Gasteiger partial charge in [-0.15, -0.1) is 0 Å². The van der Waals surface area contributed by atoms with Crippen LogP contribution in [0.4, 0.5) is 11.4 Å². The molecule has 1 aliphatic carbocycles. The Kier molecular flexibility index (Phi) is 3.49. The lowest BCUT2D eigenvalue weighted by Gasteiger charge is -2.16. The molecular weight excluding hydrogens is 262 g/mol. The molecular formula is C13H21N3O2S. The van der Waals surface area contributed by atoms with Crippen molar-refractivity contribution in [3.63, 3.8) is 0 Å². The molecule has 19 heavy (non-hydrogen) atoms. The maximum atomic E-state index is 12.1. The van der Waals surface area contributed by atoms with E-state index in [2.05, 4.69) is 12.2 Å². The first-order valence-electron chi connectivity index (χ1n) is 6.31. The van der Waals surface area contributed by atoms with Gasteiger partial charge in [-0.25, -0.2) is 12.7 Å². The lowest BCUT2D eigenvalue weighted by Crippen LogP contribution is -2.22. The molecule has 1 saturated carbocycles. The molecule has 1 fully saturated rings. The van der Waals surface area contributed by atoms with E-state index in [9.17, 15) is 8.42 Å². The van der Waals surface area contributed by atoms with Crippen molar-refractivity contribution in [2.45, 2.75) is 24.7 Å². The summed E-state index contributed by atoms with van der Waals surface area (Å²) in [6.07, 6.45) is 2.41. The first-order chi connectivity index (χ1) is 8.74. The maximum Gasteiger partial charge on any atom is 0.242 e. The maximum absolute atomic E-state index is 12.1. The molecule has 0 amide bonds. The van der Waals surface area contributed by atoms with Gasteiger partial charge in [0.15, 0.2) is 0 Å². The second-order valence-electron chi connectivity index (χ2n) is 5.70. The highest BCUT2D eigenvalue weighted by Crippen LogP contribution is 2.45. The molecule has 0 spiro atoms. The van der Waals surface area contributed by atoms with E-state index in [1.807, 2.05) is 0 Å². The molecule has 0 heterocycles. The molecule has 1 aliphatic rings. The van der Waals surface area contributed by atoms with Crippen molar-refractivity contribution in [3.05, 3.63) is 18.2 Å². The Morgan fingerprint density at radius 2 is 2.00 bits per heavy atom. The van der Waals surface area contributed by atoms with Gasteiger partial charge in [-0.3, -0.25) is 0 Å². The predicted molar refractivity (Wildman–Crippen MR) is 77.6 cm³/mol. The zero-order valence-corrected chi connectivity index (χ0v) is 12.4. The van der Waals surface area contributed by atoms with Crippen LogP contribution in [-0.2, 0) is 10.0 Å². The third kappa shape index (κ3) is 3.01. The largest absolute Gasteiger partial charge is 0.397 e. The third-order valence-corrected chi connectivity index (χ3v) is 5.42. The van der Waals surface area contributed by atoms with Crippen LogP contribution in [0, 0.1) is 5.41 Å². The summed E-state index contributed by atoms with van der Waals surface area (Å²) in [5, 5.41) is 3.26. The van der Waals surface area contributed by atoms with Crippen molar-refractivity contribution >= 4 is 21.4 Å². The van der Waals surface area contributed by atoms with E-state index in [1.165, 1.54) is 37.3 Å². The zero-order valence-electron chi connectivity index (χ0n) is 11.6. The minimum absolute atomic E-state index is 0.259. The summed E-state index contributed by atoms with van der Waals surface area (Å²) in [4.78, 5) is 0.259. The van der Waals surface area contributed by atoms with Crippen LogP contribution in [0.3, 0.4) is 0 Å². The number of nitrogens with two attached hydrogens (primary N) is 1. The second-order valence-corrected chi connectivity index (χ2v) is 7.85. The molecule has 0 aliphatic heterocycles. The van der Waals surface area contributed by atoms with Crippen molar-refractivity contribution < 1.29 is 8.42 Å². The van der Waals surface area contributed by atoms with E-state index < -0.39 is 10.0 Å². The second kappa shape index (κ2) is 4.68. The van der Waals surface area contributed by atoms with E-state index in [1.54, 1.807) is 12.1 Å². The molecule has 1 aromatic carbocycles. The van der Waals surface area contributed by atoms with Crippen LogP contribution < -0.4 is 11.1 Å². The van der Waals surface area contributed by atoms with Gasteiger partial charge in [0.05, 0.1) is 16.3 Å². The number of sulfonamides is 1. The molecule has 1 aromatic rings. The van der Waals surface area contributed by atoms with Crippen molar-refractivity contribution in [1.82, 2.24) is 4.31 Å². The number of nitrogen functional groups attached to an aromatic ring is 1. The lowest BCUT2D eigenvalue weighted by molar-refractivity contribution is 0.521. The SMILES string of the molecule is CN(C)S(=O)(=O)c1ccc(N)c(NCC2(C)CC2)c1. The van der Waals surface area contributed by atoms with Gasteiger partial charge < -0.3 is 11.1 Å². The Bertz CT molecular complexity index is 578. The average molecular weight is 283 g/mol. The monoisotopic (exact) mass is 283 g/mol. The number of benzene rings is 1. The smallest absolute Gasteiger partial charge is 0.242 e. The minimum atomic E-state index is -3.42. The number of hydrogen-bond donors (Lipinski definition) is 2. The lowest BCUT2D eigenvalue weighted by atomic mass is 10.1. The number of nitrogens with one attached hydrogen (secondary N) is 1. The highest BCUT2D eigenvalue weighted by molar-refractivity contribution is 7.89. The third-order valence-electron chi connectivity index (χ3n) is 3.61. The number of nitrogens with zero attached hydrogens (tertiary/aromatic N) is 1. The van der Waals surface area contributed by atoms with Gasteiger partial charge in [0.2, 0.25) is 10.0 Å². The molecule has 0 radical (unpaired) electrons. The summed E-state index contributed by atoms with van der Waals surface area (Å²) in [5.41, 5.74) is 7.49. The summed E-state index contributed by atoms with van der Waals surface area (Å²) < 4.78 is 25.3. The molecule has 0 saturated heterocycles. The van der Waals surface area contributed by atoms with Crippen molar-refractivity contribution in [2.24, 2.45) is 5.41 Å². The first kappa shape index (κ1) is 14.1. The van der Waals surface area contributed by atoms with E-state index in [4.69, 9.17) is 5.73 Å². The number of anilines is 2. The average Bonchev–Trinajstić information content (AvgIpc) is 3.06. The van der Waals surface area contributed by atoms with Crippen LogP contribution >= 0.6 is 0 Å². The van der Waals surface area contributed by atoms with E-state index >= 15 is 0 Å². The van der Waals surface area contributed by atoms with Gasteiger partial charge in [-0.05, 0) is 36.5 Å². The highest BCUT2D eigenvalue weighted by Gasteiger charge is 2.36. The van der Waals surface area contributed by atoms with Gasteiger partial charge >= 0.3 is 0 Å². The normalized spacial score (nSPS) is 17.5. The summed E-state index contributed by atoms with van der Waals surface area (Å²) in [6.45, 7) is 3.03. The fourth-order valence-electron chi connectivity index (χ4n) is 1.76. The van der Waals surface area contributed by atoms with Crippen LogP contribution in [0.25, 0.3) is 0 Å². The van der Waals surface area contributed by atoms with Gasteiger partial charge in [-0.1, -0.05) is 6.92 Å². The van der Waals surface area contributed by atoms with Gasteiger partial charge in [0.1, 0.15) is 0 Å². The predicted octanol–water partition coefficient (Wildman–Crippen LogP) is 1.73. The minimum Gasteiger partial charge on any atom is -0.397 e. The molecule has 0 unspecified atom stereocenters. The fourth-order valence-corrected chi connectivity index (χ4v) is 2.69. The standard InChI is InChI=1S/C13H21N3O2S/c1-13(6-7-13)9-15-12-8-10(4-5-11(12)14)19(17,18)16(2)3/h4-5,8,15H,6-7,9,14H2,1-3H3. The van der Waals surface area contributed by atoms with E-state index in [-0.39, 0.29) is 4.90 Å². The molecule has 106 valence electrons. The zero-order chi connectivity index (χ0) is 14.3. The molecule has 0 atom stereocenters. The van der Waals surface area contributed by atoms with Gasteiger partial charge in [-0.2, -0.15) is 0 Å². The first-order valence-corrected chi connectivity index (χ1v) is 7.75. The summed E-state index contributed by atoms with van der Waals surface area (Å²) in [5.74, 6) is 0. The molecule has 5 nitrogen and oxygen atoms in total. The molecule has 3 N–H and O–H groups in total. The Balaban J connectivity index is 2.24. The number of hydrogen-bond acceptors (Lipinski definition) is 4. The van der Waals surface area contributed by atoms with Crippen molar-refractivity contribution in [2.75, 3.05) is 31.7 Å². The van der Waals surface area contributed by atoms with Crippen LogP contribution in [0.15, 0.2) is 23.1 Å². The van der Waals surface area contributed by atoms with Gasteiger partial charge in [0.25, 0.3) is 0 Å².